The highest BCUT2D eigenvalue weighted by Crippen LogP contribution is 2.61. The minimum absolute atomic E-state index is 0.0407. The average molecular weight is 773 g/mol. The molecule has 11 heteroatoms. The van der Waals surface area contributed by atoms with Crippen LogP contribution < -0.4 is 5.32 Å². The summed E-state index contributed by atoms with van der Waals surface area (Å²) < 4.78 is 13.0. The standard InChI is InChI=1S/C40H58BrN3O7/c1-10-12-18-30(46)42-22-29(26-16-14-13-15-17-26)50-37(49)31-32-35(47)44(27(23-45)20-25(3)4)34(40(32)21-28(41)33(31)51-40)36(48)43(19-11-2)39(8,9)24-38(5,6)7/h10-11,13-17,25,27-29,31-34,45H,1-2,12,18-24H2,3-9H3,(H,42,46)/t27-,28?,29+,31+,32-,33+,34+,40-/m1/s1. The van der Waals surface area contributed by atoms with E-state index in [-0.39, 0.29) is 54.1 Å². The number of hydrogen-bond acceptors (Lipinski definition) is 7. The van der Waals surface area contributed by atoms with E-state index in [9.17, 15) is 19.5 Å². The lowest BCUT2D eigenvalue weighted by Crippen LogP contribution is -2.62. The fourth-order valence-corrected chi connectivity index (χ4v) is 9.72. The number of halogens is 1. The first-order valence-electron chi connectivity index (χ1n) is 18.2. The van der Waals surface area contributed by atoms with Gasteiger partial charge in [0.15, 0.2) is 0 Å². The summed E-state index contributed by atoms with van der Waals surface area (Å²) in [6, 6.07) is 7.40. The van der Waals surface area contributed by atoms with Crippen LogP contribution >= 0.6 is 15.9 Å². The molecule has 3 saturated heterocycles. The normalized spacial score (nSPS) is 26.8. The number of carbonyl (C=O) groups is 4. The molecule has 51 heavy (non-hydrogen) atoms. The van der Waals surface area contributed by atoms with Gasteiger partial charge in [-0.3, -0.25) is 19.2 Å². The zero-order valence-corrected chi connectivity index (χ0v) is 33.0. The second-order valence-electron chi connectivity index (χ2n) is 16.6. The van der Waals surface area contributed by atoms with E-state index in [1.807, 2.05) is 58.0 Å². The van der Waals surface area contributed by atoms with Gasteiger partial charge in [0, 0.05) is 23.3 Å². The first-order valence-corrected chi connectivity index (χ1v) is 19.1. The predicted octanol–water partition coefficient (Wildman–Crippen LogP) is 5.74. The van der Waals surface area contributed by atoms with E-state index < -0.39 is 59.1 Å². The first kappa shape index (κ1) is 40.7. The minimum atomic E-state index is -1.33. The van der Waals surface area contributed by atoms with Crippen molar-refractivity contribution < 1.29 is 33.8 Å². The zero-order chi connectivity index (χ0) is 37.9. The van der Waals surface area contributed by atoms with Crippen LogP contribution in [-0.4, -0.2) is 92.4 Å². The highest BCUT2D eigenvalue weighted by Gasteiger charge is 2.78. The van der Waals surface area contributed by atoms with Crippen molar-refractivity contribution in [1.29, 1.82) is 0 Å². The van der Waals surface area contributed by atoms with Gasteiger partial charge in [0.2, 0.25) is 17.7 Å². The number of aliphatic hydroxyl groups is 1. The summed E-state index contributed by atoms with van der Waals surface area (Å²) in [5.41, 5.74) is -1.38. The topological polar surface area (TPSA) is 125 Å². The number of likely N-dealkylation sites (tertiary alicyclic amines) is 1. The molecule has 3 heterocycles. The Morgan fingerprint density at radius 2 is 1.82 bits per heavy atom. The molecule has 0 radical (unpaired) electrons. The third-order valence-corrected chi connectivity index (χ3v) is 11.2. The molecule has 2 bridgehead atoms. The Balaban J connectivity index is 1.77. The van der Waals surface area contributed by atoms with Crippen LogP contribution in [0.15, 0.2) is 55.6 Å². The van der Waals surface area contributed by atoms with Gasteiger partial charge in [0.1, 0.15) is 17.7 Å². The maximum absolute atomic E-state index is 15.2. The van der Waals surface area contributed by atoms with Gasteiger partial charge in [-0.1, -0.05) is 93.0 Å². The number of benzene rings is 1. The van der Waals surface area contributed by atoms with Gasteiger partial charge in [-0.25, -0.2) is 0 Å². The van der Waals surface area contributed by atoms with Gasteiger partial charge in [-0.2, -0.15) is 0 Å². The van der Waals surface area contributed by atoms with Crippen LogP contribution in [0.25, 0.3) is 0 Å². The van der Waals surface area contributed by atoms with Crippen molar-refractivity contribution in [1.82, 2.24) is 15.1 Å². The number of esters is 1. The number of fused-ring (bicyclic) bond motifs is 1. The number of amides is 3. The molecule has 3 fully saturated rings. The number of aliphatic hydroxyl groups excluding tert-OH is 1. The molecule has 1 aromatic carbocycles. The van der Waals surface area contributed by atoms with Gasteiger partial charge < -0.3 is 29.7 Å². The second kappa shape index (κ2) is 16.3. The smallest absolute Gasteiger partial charge is 0.313 e. The van der Waals surface area contributed by atoms with Crippen LogP contribution in [0.2, 0.25) is 0 Å². The van der Waals surface area contributed by atoms with Crippen LogP contribution in [-0.2, 0) is 28.7 Å². The van der Waals surface area contributed by atoms with Crippen molar-refractivity contribution in [3.05, 3.63) is 61.2 Å². The van der Waals surface area contributed by atoms with E-state index in [2.05, 4.69) is 55.2 Å². The highest BCUT2D eigenvalue weighted by molar-refractivity contribution is 9.09. The summed E-state index contributed by atoms with van der Waals surface area (Å²) in [7, 11) is 0. The van der Waals surface area contributed by atoms with E-state index in [1.54, 1.807) is 17.1 Å². The molecule has 8 atom stereocenters. The number of rotatable bonds is 17. The Morgan fingerprint density at radius 1 is 1.16 bits per heavy atom. The van der Waals surface area contributed by atoms with E-state index in [0.717, 1.165) is 0 Å². The molecule has 0 saturated carbocycles. The van der Waals surface area contributed by atoms with Crippen LogP contribution in [0, 0.1) is 23.2 Å². The number of alkyl halides is 1. The number of nitrogens with zero attached hydrogens (tertiary/aromatic N) is 2. The molecular weight excluding hydrogens is 714 g/mol. The Kier molecular flexibility index (Phi) is 13.0. The van der Waals surface area contributed by atoms with Crippen molar-refractivity contribution >= 4 is 39.6 Å². The number of ether oxygens (including phenoxy) is 2. The van der Waals surface area contributed by atoms with Crippen molar-refractivity contribution in [2.24, 2.45) is 23.2 Å². The molecule has 4 rings (SSSR count). The van der Waals surface area contributed by atoms with Gasteiger partial charge in [-0.05, 0) is 56.4 Å². The van der Waals surface area contributed by atoms with Gasteiger partial charge >= 0.3 is 5.97 Å². The Hall–Kier alpha value is -3.02. The molecule has 282 valence electrons. The zero-order valence-electron chi connectivity index (χ0n) is 31.4. The summed E-state index contributed by atoms with van der Waals surface area (Å²) in [5, 5.41) is 13.6. The molecule has 0 aromatic heterocycles. The molecule has 3 amide bonds. The van der Waals surface area contributed by atoms with E-state index in [4.69, 9.17) is 9.47 Å². The SMILES string of the molecule is C=CCCC(=O)NC[C@H](OC(=O)[C@@H]1[C@H]2O[C@@]3(CC2Br)[C@H](C(=O)N(CC=C)C(C)(C)CC(C)(C)C)N([C@@H](CO)CC(C)C)C(=O)[C@@H]13)c1ccccc1. The lowest BCUT2D eigenvalue weighted by molar-refractivity contribution is -0.161. The van der Waals surface area contributed by atoms with Crippen molar-refractivity contribution in [2.45, 2.75) is 121 Å². The Morgan fingerprint density at radius 3 is 2.39 bits per heavy atom. The van der Waals surface area contributed by atoms with E-state index >= 15 is 4.79 Å². The van der Waals surface area contributed by atoms with Crippen LogP contribution in [0.4, 0.5) is 0 Å². The van der Waals surface area contributed by atoms with Crippen molar-refractivity contribution in [3.63, 3.8) is 0 Å². The maximum Gasteiger partial charge on any atom is 0.313 e. The summed E-state index contributed by atoms with van der Waals surface area (Å²) in [5.74, 6) is -3.43. The Bertz CT molecular complexity index is 1440. The van der Waals surface area contributed by atoms with Crippen LogP contribution in [0.5, 0.6) is 0 Å². The molecule has 0 aliphatic carbocycles. The summed E-state index contributed by atoms with van der Waals surface area (Å²) in [6.45, 7) is 22.0. The predicted molar refractivity (Wildman–Crippen MR) is 201 cm³/mol. The average Bonchev–Trinajstić information content (AvgIpc) is 3.65. The monoisotopic (exact) mass is 771 g/mol. The number of nitrogens with one attached hydrogen (secondary N) is 1. The third kappa shape index (κ3) is 8.62. The number of allylic oxidation sites excluding steroid dienone is 1. The highest BCUT2D eigenvalue weighted by atomic mass is 79.9. The van der Waals surface area contributed by atoms with Gasteiger partial charge in [-0.15, -0.1) is 13.2 Å². The number of carbonyl (C=O) groups excluding carboxylic acids is 4. The fourth-order valence-electron chi connectivity index (χ4n) is 8.78. The van der Waals surface area contributed by atoms with E-state index in [0.29, 0.717) is 31.2 Å². The quantitative estimate of drug-likeness (QED) is 0.118. The largest absolute Gasteiger partial charge is 0.455 e. The van der Waals surface area contributed by atoms with Crippen molar-refractivity contribution in [3.8, 4) is 0 Å². The van der Waals surface area contributed by atoms with Crippen molar-refractivity contribution in [2.75, 3.05) is 19.7 Å². The molecule has 1 spiro atoms. The molecule has 2 N–H and O–H groups in total. The summed E-state index contributed by atoms with van der Waals surface area (Å²) in [4.78, 5) is 60.0. The lowest BCUT2D eigenvalue weighted by Gasteiger charge is -2.46. The molecule has 10 nitrogen and oxygen atoms in total. The van der Waals surface area contributed by atoms with Crippen LogP contribution in [0.1, 0.15) is 92.2 Å². The molecule has 1 aromatic rings. The molecular formula is C40H58BrN3O7. The fraction of sp³-hybridized carbons (Fsp3) is 0.650. The maximum atomic E-state index is 15.2. The summed E-state index contributed by atoms with van der Waals surface area (Å²) in [6.07, 6.45) is 4.04. The first-order chi connectivity index (χ1) is 23.9. The van der Waals surface area contributed by atoms with Crippen LogP contribution in [0.3, 0.4) is 0 Å². The molecule has 3 aliphatic rings. The Labute approximate surface area is 312 Å². The summed E-state index contributed by atoms with van der Waals surface area (Å²) >= 11 is 3.76. The van der Waals surface area contributed by atoms with Gasteiger partial charge in [0.25, 0.3) is 0 Å². The second-order valence-corrected chi connectivity index (χ2v) is 17.8. The minimum Gasteiger partial charge on any atom is -0.455 e. The molecule has 3 aliphatic heterocycles. The van der Waals surface area contributed by atoms with Gasteiger partial charge in [0.05, 0.1) is 37.1 Å². The molecule has 1 unspecified atom stereocenters. The lowest BCUT2D eigenvalue weighted by atomic mass is 9.70. The van der Waals surface area contributed by atoms with E-state index in [1.165, 1.54) is 4.90 Å². The third-order valence-electron chi connectivity index (χ3n) is 10.3. The number of hydrogen-bond donors (Lipinski definition) is 2.